The molecule has 12 heavy (non-hydrogen) atoms. The molecule has 0 aliphatic rings. The topological polar surface area (TPSA) is 43.1 Å². The standard InChI is InChI=1S/C10H11NO/c1-8(7-10(11)12)9-5-3-2-4-6-9/h2-6H,1,7H2,(H2,11,12). The number of carbonyl (C=O) groups is 1. The van der Waals surface area contributed by atoms with Gasteiger partial charge in [0.15, 0.2) is 0 Å². The normalized spacial score (nSPS) is 9.33. The van der Waals surface area contributed by atoms with Crippen molar-refractivity contribution in [3.8, 4) is 0 Å². The summed E-state index contributed by atoms with van der Waals surface area (Å²) in [6.45, 7) is 3.76. The Labute approximate surface area is 71.7 Å². The van der Waals surface area contributed by atoms with Gasteiger partial charge in [-0.05, 0) is 11.1 Å². The summed E-state index contributed by atoms with van der Waals surface area (Å²) in [7, 11) is 0. The summed E-state index contributed by atoms with van der Waals surface area (Å²) in [4.78, 5) is 10.5. The molecule has 0 aliphatic carbocycles. The molecule has 2 nitrogen and oxygen atoms in total. The van der Waals surface area contributed by atoms with Gasteiger partial charge in [0, 0.05) is 0 Å². The van der Waals surface area contributed by atoms with Gasteiger partial charge in [-0.2, -0.15) is 0 Å². The first-order valence-electron chi connectivity index (χ1n) is 3.71. The molecule has 0 unspecified atom stereocenters. The van der Waals surface area contributed by atoms with E-state index in [1.54, 1.807) is 0 Å². The zero-order chi connectivity index (χ0) is 8.97. The lowest BCUT2D eigenvalue weighted by atomic mass is 10.1. The van der Waals surface area contributed by atoms with Gasteiger partial charge in [-0.25, -0.2) is 0 Å². The van der Waals surface area contributed by atoms with Gasteiger partial charge in [0.2, 0.25) is 5.91 Å². The first-order valence-corrected chi connectivity index (χ1v) is 3.71. The van der Waals surface area contributed by atoms with Crippen LogP contribution in [0.1, 0.15) is 12.0 Å². The summed E-state index contributed by atoms with van der Waals surface area (Å²) in [6, 6.07) is 9.54. The fraction of sp³-hybridized carbons (Fsp3) is 0.100. The third-order valence-electron chi connectivity index (χ3n) is 1.57. The molecule has 0 aliphatic heterocycles. The van der Waals surface area contributed by atoms with Crippen LogP contribution in [0.2, 0.25) is 0 Å². The average molecular weight is 161 g/mol. The highest BCUT2D eigenvalue weighted by Gasteiger charge is 2.00. The summed E-state index contributed by atoms with van der Waals surface area (Å²) in [5, 5.41) is 0. The van der Waals surface area contributed by atoms with Crippen LogP contribution < -0.4 is 5.73 Å². The molecule has 0 bridgehead atoms. The first kappa shape index (κ1) is 8.53. The molecule has 1 aromatic rings. The number of hydrogen-bond acceptors (Lipinski definition) is 1. The number of amides is 1. The van der Waals surface area contributed by atoms with E-state index in [-0.39, 0.29) is 12.3 Å². The number of rotatable bonds is 3. The second-order valence-electron chi connectivity index (χ2n) is 2.61. The van der Waals surface area contributed by atoms with Crippen LogP contribution >= 0.6 is 0 Å². The van der Waals surface area contributed by atoms with E-state index in [4.69, 9.17) is 5.73 Å². The summed E-state index contributed by atoms with van der Waals surface area (Å²) >= 11 is 0. The molecule has 1 aromatic carbocycles. The smallest absolute Gasteiger partial charge is 0.221 e. The summed E-state index contributed by atoms with van der Waals surface area (Å²) in [5.41, 5.74) is 6.77. The number of primary amides is 1. The van der Waals surface area contributed by atoms with Crippen molar-refractivity contribution >= 4 is 11.5 Å². The highest BCUT2D eigenvalue weighted by molar-refractivity contribution is 5.86. The lowest BCUT2D eigenvalue weighted by Gasteiger charge is -2.01. The van der Waals surface area contributed by atoms with Gasteiger partial charge in [0.25, 0.3) is 0 Å². The Balaban J connectivity index is 2.73. The molecule has 0 saturated heterocycles. The van der Waals surface area contributed by atoms with Crippen LogP contribution in [-0.2, 0) is 4.79 Å². The minimum Gasteiger partial charge on any atom is -0.369 e. The van der Waals surface area contributed by atoms with E-state index < -0.39 is 0 Å². The van der Waals surface area contributed by atoms with Gasteiger partial charge in [-0.1, -0.05) is 36.9 Å². The van der Waals surface area contributed by atoms with Gasteiger partial charge in [-0.15, -0.1) is 0 Å². The first-order chi connectivity index (χ1) is 5.70. The van der Waals surface area contributed by atoms with Gasteiger partial charge >= 0.3 is 0 Å². The molecule has 0 saturated carbocycles. The van der Waals surface area contributed by atoms with Crippen LogP contribution in [0, 0.1) is 0 Å². The zero-order valence-electron chi connectivity index (χ0n) is 6.79. The van der Waals surface area contributed by atoms with Crippen LogP contribution in [0.25, 0.3) is 5.57 Å². The van der Waals surface area contributed by atoms with E-state index in [1.807, 2.05) is 30.3 Å². The largest absolute Gasteiger partial charge is 0.369 e. The molecule has 2 heteroatoms. The van der Waals surface area contributed by atoms with E-state index in [0.717, 1.165) is 11.1 Å². The van der Waals surface area contributed by atoms with Gasteiger partial charge in [0.1, 0.15) is 0 Å². The Bertz CT molecular complexity index is 290. The maximum absolute atomic E-state index is 10.5. The van der Waals surface area contributed by atoms with Crippen LogP contribution in [0.3, 0.4) is 0 Å². The number of carbonyl (C=O) groups excluding carboxylic acids is 1. The summed E-state index contributed by atoms with van der Waals surface area (Å²) < 4.78 is 0. The van der Waals surface area contributed by atoms with Crippen molar-refractivity contribution < 1.29 is 4.79 Å². The van der Waals surface area contributed by atoms with Gasteiger partial charge in [0.05, 0.1) is 6.42 Å². The van der Waals surface area contributed by atoms with E-state index in [2.05, 4.69) is 6.58 Å². The molecule has 0 fully saturated rings. The van der Waals surface area contributed by atoms with Crippen molar-refractivity contribution in [3.63, 3.8) is 0 Å². The van der Waals surface area contributed by atoms with Crippen molar-refractivity contribution in [2.75, 3.05) is 0 Å². The summed E-state index contributed by atoms with van der Waals surface area (Å²) in [6.07, 6.45) is 0.226. The molecule has 0 atom stereocenters. The van der Waals surface area contributed by atoms with Gasteiger partial charge in [-0.3, -0.25) is 4.79 Å². The number of benzene rings is 1. The highest BCUT2D eigenvalue weighted by Crippen LogP contribution is 2.14. The lowest BCUT2D eigenvalue weighted by Crippen LogP contribution is -2.10. The molecule has 0 radical (unpaired) electrons. The van der Waals surface area contributed by atoms with E-state index >= 15 is 0 Å². The molecule has 62 valence electrons. The number of nitrogens with two attached hydrogens (primary N) is 1. The molecule has 0 spiro atoms. The van der Waals surface area contributed by atoms with E-state index in [9.17, 15) is 4.79 Å². The average Bonchev–Trinajstić information content (AvgIpc) is 2.05. The Hall–Kier alpha value is -1.57. The molecule has 0 aromatic heterocycles. The fourth-order valence-corrected chi connectivity index (χ4v) is 0.986. The Morgan fingerprint density at radius 2 is 1.92 bits per heavy atom. The minimum atomic E-state index is -0.344. The molecular weight excluding hydrogens is 150 g/mol. The fourth-order valence-electron chi connectivity index (χ4n) is 0.986. The molecule has 1 rings (SSSR count). The summed E-state index contributed by atoms with van der Waals surface area (Å²) in [5.74, 6) is -0.344. The van der Waals surface area contributed by atoms with Crippen molar-refractivity contribution in [2.24, 2.45) is 5.73 Å². The van der Waals surface area contributed by atoms with E-state index in [0.29, 0.717) is 0 Å². The second-order valence-corrected chi connectivity index (χ2v) is 2.61. The molecular formula is C10H11NO. The van der Waals surface area contributed by atoms with Crippen LogP contribution in [-0.4, -0.2) is 5.91 Å². The highest BCUT2D eigenvalue weighted by atomic mass is 16.1. The quantitative estimate of drug-likeness (QED) is 0.718. The minimum absolute atomic E-state index is 0.226. The van der Waals surface area contributed by atoms with Gasteiger partial charge < -0.3 is 5.73 Å². The predicted molar refractivity (Wildman–Crippen MR) is 49.3 cm³/mol. The second kappa shape index (κ2) is 3.72. The third kappa shape index (κ3) is 2.23. The Morgan fingerprint density at radius 3 is 2.42 bits per heavy atom. The Kier molecular flexibility index (Phi) is 2.64. The van der Waals surface area contributed by atoms with Crippen LogP contribution in [0.4, 0.5) is 0 Å². The lowest BCUT2D eigenvalue weighted by molar-refractivity contribution is -0.117. The Morgan fingerprint density at radius 1 is 1.33 bits per heavy atom. The monoisotopic (exact) mass is 161 g/mol. The maximum Gasteiger partial charge on any atom is 0.221 e. The predicted octanol–water partition coefficient (Wildman–Crippen LogP) is 1.58. The number of hydrogen-bond donors (Lipinski definition) is 1. The third-order valence-corrected chi connectivity index (χ3v) is 1.57. The maximum atomic E-state index is 10.5. The van der Waals surface area contributed by atoms with Crippen molar-refractivity contribution in [2.45, 2.75) is 6.42 Å². The molecule has 1 amide bonds. The van der Waals surface area contributed by atoms with Crippen molar-refractivity contribution in [1.29, 1.82) is 0 Å². The molecule has 2 N–H and O–H groups in total. The van der Waals surface area contributed by atoms with Crippen molar-refractivity contribution in [3.05, 3.63) is 42.5 Å². The van der Waals surface area contributed by atoms with Crippen molar-refractivity contribution in [1.82, 2.24) is 0 Å². The zero-order valence-corrected chi connectivity index (χ0v) is 6.79. The van der Waals surface area contributed by atoms with Crippen LogP contribution in [0.15, 0.2) is 36.9 Å². The van der Waals surface area contributed by atoms with Crippen LogP contribution in [0.5, 0.6) is 0 Å². The molecule has 0 heterocycles. The van der Waals surface area contributed by atoms with E-state index in [1.165, 1.54) is 0 Å². The SMILES string of the molecule is C=C(CC(N)=O)c1ccccc1.